The number of benzene rings is 2. The molecule has 1 aliphatic rings. The number of rotatable bonds is 5. The zero-order valence-corrected chi connectivity index (χ0v) is 13.2. The fourth-order valence-corrected chi connectivity index (χ4v) is 2.76. The molecule has 0 saturated carbocycles. The molecule has 4 nitrogen and oxygen atoms in total. The molecule has 0 atom stereocenters. The van der Waals surface area contributed by atoms with Gasteiger partial charge in [0.1, 0.15) is 0 Å². The molecule has 2 aromatic carbocycles. The predicted octanol–water partition coefficient (Wildman–Crippen LogP) is 2.55. The molecule has 0 N–H and O–H groups in total. The van der Waals surface area contributed by atoms with Gasteiger partial charge in [-0.3, -0.25) is 4.79 Å². The summed E-state index contributed by atoms with van der Waals surface area (Å²) >= 11 is 0. The highest BCUT2D eigenvalue weighted by molar-refractivity contribution is 5.81. The second-order valence-electron chi connectivity index (χ2n) is 5.67. The zero-order valence-electron chi connectivity index (χ0n) is 13.2. The minimum Gasteiger partial charge on any atom is -0.378 e. The molecule has 120 valence electrons. The van der Waals surface area contributed by atoms with Gasteiger partial charge in [-0.05, 0) is 17.7 Å². The number of ether oxygens (including phenoxy) is 1. The Morgan fingerprint density at radius 3 is 2.22 bits per heavy atom. The van der Waals surface area contributed by atoms with E-state index in [-0.39, 0.29) is 5.91 Å². The van der Waals surface area contributed by atoms with Crippen molar-refractivity contribution >= 4 is 11.6 Å². The fraction of sp³-hybridized carbons (Fsp3) is 0.316. The van der Waals surface area contributed by atoms with Gasteiger partial charge in [0, 0.05) is 25.3 Å². The van der Waals surface area contributed by atoms with Crippen molar-refractivity contribution in [2.45, 2.75) is 6.54 Å². The number of nitrogens with zero attached hydrogens (tertiary/aromatic N) is 2. The summed E-state index contributed by atoms with van der Waals surface area (Å²) in [6.07, 6.45) is 0. The molecule has 0 radical (unpaired) electrons. The van der Waals surface area contributed by atoms with E-state index >= 15 is 0 Å². The van der Waals surface area contributed by atoms with Crippen LogP contribution >= 0.6 is 0 Å². The van der Waals surface area contributed by atoms with Gasteiger partial charge in [0.2, 0.25) is 5.91 Å². The van der Waals surface area contributed by atoms with Crippen LogP contribution in [0.25, 0.3) is 0 Å². The third-order valence-electron chi connectivity index (χ3n) is 4.03. The number of carbonyl (C=O) groups excluding carboxylic acids is 1. The first kappa shape index (κ1) is 15.6. The van der Waals surface area contributed by atoms with Crippen LogP contribution < -0.4 is 4.90 Å². The summed E-state index contributed by atoms with van der Waals surface area (Å²) in [5.74, 6) is 0.160. The average Bonchev–Trinajstić information content (AvgIpc) is 2.63. The topological polar surface area (TPSA) is 32.8 Å². The Labute approximate surface area is 137 Å². The van der Waals surface area contributed by atoms with Crippen molar-refractivity contribution < 1.29 is 9.53 Å². The van der Waals surface area contributed by atoms with Crippen LogP contribution in [-0.2, 0) is 16.1 Å². The minimum absolute atomic E-state index is 0.160. The van der Waals surface area contributed by atoms with Gasteiger partial charge < -0.3 is 14.5 Å². The summed E-state index contributed by atoms with van der Waals surface area (Å²) in [6, 6.07) is 20.4. The number of hydrogen-bond acceptors (Lipinski definition) is 3. The standard InChI is InChI=1S/C19H22N2O2/c22-19(20-11-13-23-14-12-20)16-21(18-9-5-2-6-10-18)15-17-7-3-1-4-8-17/h1-10H,11-16H2. The van der Waals surface area contributed by atoms with Crippen LogP contribution in [0.2, 0.25) is 0 Å². The third kappa shape index (κ3) is 4.33. The lowest BCUT2D eigenvalue weighted by atomic mass is 10.2. The number of carbonyl (C=O) groups is 1. The van der Waals surface area contributed by atoms with Crippen LogP contribution in [-0.4, -0.2) is 43.7 Å². The summed E-state index contributed by atoms with van der Waals surface area (Å²) in [7, 11) is 0. The van der Waals surface area contributed by atoms with Gasteiger partial charge in [0.05, 0.1) is 19.8 Å². The summed E-state index contributed by atoms with van der Waals surface area (Å²) in [6.45, 7) is 3.75. The maximum atomic E-state index is 12.6. The molecule has 1 aliphatic heterocycles. The van der Waals surface area contributed by atoms with Crippen LogP contribution in [0.4, 0.5) is 5.69 Å². The van der Waals surface area contributed by atoms with Crippen molar-refractivity contribution in [3.05, 3.63) is 66.2 Å². The highest BCUT2D eigenvalue weighted by Crippen LogP contribution is 2.17. The molecule has 1 amide bonds. The zero-order chi connectivity index (χ0) is 15.9. The maximum absolute atomic E-state index is 12.6. The summed E-state index contributed by atoms with van der Waals surface area (Å²) in [4.78, 5) is 16.6. The van der Waals surface area contributed by atoms with Gasteiger partial charge >= 0.3 is 0 Å². The van der Waals surface area contributed by atoms with Crippen LogP contribution in [0, 0.1) is 0 Å². The molecule has 0 aromatic heterocycles. The van der Waals surface area contributed by atoms with Gasteiger partial charge in [-0.2, -0.15) is 0 Å². The summed E-state index contributed by atoms with van der Waals surface area (Å²) in [5.41, 5.74) is 2.27. The number of hydrogen-bond donors (Lipinski definition) is 0. The molecule has 0 aliphatic carbocycles. The second-order valence-corrected chi connectivity index (χ2v) is 5.67. The van der Waals surface area contributed by atoms with Crippen LogP contribution in [0.5, 0.6) is 0 Å². The molecule has 0 spiro atoms. The highest BCUT2D eigenvalue weighted by atomic mass is 16.5. The Balaban J connectivity index is 1.73. The number of para-hydroxylation sites is 1. The van der Waals surface area contributed by atoms with Gasteiger partial charge in [-0.15, -0.1) is 0 Å². The smallest absolute Gasteiger partial charge is 0.242 e. The van der Waals surface area contributed by atoms with Crippen molar-refractivity contribution in [1.29, 1.82) is 0 Å². The van der Waals surface area contributed by atoms with E-state index in [9.17, 15) is 4.79 Å². The minimum atomic E-state index is 0.160. The highest BCUT2D eigenvalue weighted by Gasteiger charge is 2.20. The Kier molecular flexibility index (Phi) is 5.27. The number of morpholine rings is 1. The van der Waals surface area contributed by atoms with E-state index in [4.69, 9.17) is 4.74 Å². The first-order chi connectivity index (χ1) is 11.3. The Bertz CT molecular complexity index is 610. The monoisotopic (exact) mass is 310 g/mol. The predicted molar refractivity (Wildman–Crippen MR) is 91.3 cm³/mol. The van der Waals surface area contributed by atoms with Gasteiger partial charge in [0.25, 0.3) is 0 Å². The molecule has 23 heavy (non-hydrogen) atoms. The molecule has 1 fully saturated rings. The van der Waals surface area contributed by atoms with Crippen molar-refractivity contribution in [3.63, 3.8) is 0 Å². The third-order valence-corrected chi connectivity index (χ3v) is 4.03. The fourth-order valence-electron chi connectivity index (χ4n) is 2.76. The SMILES string of the molecule is O=C(CN(Cc1ccccc1)c1ccccc1)N1CCOCC1. The Morgan fingerprint density at radius 1 is 0.957 bits per heavy atom. The largest absolute Gasteiger partial charge is 0.378 e. The van der Waals surface area contributed by atoms with Crippen LogP contribution in [0.15, 0.2) is 60.7 Å². The van der Waals surface area contributed by atoms with E-state index in [0.29, 0.717) is 32.8 Å². The first-order valence-corrected chi connectivity index (χ1v) is 8.02. The van der Waals surface area contributed by atoms with Crippen LogP contribution in [0.3, 0.4) is 0 Å². The quantitative estimate of drug-likeness (QED) is 0.851. The summed E-state index contributed by atoms with van der Waals surface area (Å²) in [5, 5.41) is 0. The maximum Gasteiger partial charge on any atom is 0.242 e. The molecular weight excluding hydrogens is 288 g/mol. The van der Waals surface area contributed by atoms with Gasteiger partial charge in [-0.25, -0.2) is 0 Å². The normalized spacial score (nSPS) is 14.5. The molecule has 2 aromatic rings. The van der Waals surface area contributed by atoms with Gasteiger partial charge in [0.15, 0.2) is 0 Å². The Morgan fingerprint density at radius 2 is 1.57 bits per heavy atom. The Hall–Kier alpha value is -2.33. The number of anilines is 1. The number of amides is 1. The molecule has 0 unspecified atom stereocenters. The lowest BCUT2D eigenvalue weighted by Crippen LogP contribution is -2.45. The van der Waals surface area contributed by atoms with E-state index in [2.05, 4.69) is 29.2 Å². The van der Waals surface area contributed by atoms with E-state index in [0.717, 1.165) is 12.2 Å². The van der Waals surface area contributed by atoms with Crippen molar-refractivity contribution in [3.8, 4) is 0 Å². The van der Waals surface area contributed by atoms with Crippen molar-refractivity contribution in [2.24, 2.45) is 0 Å². The van der Waals surface area contributed by atoms with E-state index < -0.39 is 0 Å². The molecule has 1 heterocycles. The molecule has 1 saturated heterocycles. The van der Waals surface area contributed by atoms with Crippen molar-refractivity contribution in [2.75, 3.05) is 37.7 Å². The molecule has 4 heteroatoms. The van der Waals surface area contributed by atoms with E-state index in [1.54, 1.807) is 0 Å². The molecule has 3 rings (SSSR count). The van der Waals surface area contributed by atoms with E-state index in [1.807, 2.05) is 41.3 Å². The summed E-state index contributed by atoms with van der Waals surface area (Å²) < 4.78 is 5.33. The lowest BCUT2D eigenvalue weighted by Gasteiger charge is -2.31. The molecule has 0 bridgehead atoms. The first-order valence-electron chi connectivity index (χ1n) is 8.02. The van der Waals surface area contributed by atoms with E-state index in [1.165, 1.54) is 5.56 Å². The van der Waals surface area contributed by atoms with Crippen LogP contribution in [0.1, 0.15) is 5.56 Å². The molecular formula is C19H22N2O2. The van der Waals surface area contributed by atoms with Crippen molar-refractivity contribution in [1.82, 2.24) is 4.90 Å². The second kappa shape index (κ2) is 7.79. The average molecular weight is 310 g/mol. The van der Waals surface area contributed by atoms with Gasteiger partial charge in [-0.1, -0.05) is 48.5 Å². The lowest BCUT2D eigenvalue weighted by molar-refractivity contribution is -0.133.